The summed E-state index contributed by atoms with van der Waals surface area (Å²) in [5.41, 5.74) is 4.20. The van der Waals surface area contributed by atoms with Crippen LogP contribution in [0.25, 0.3) is 0 Å². The molecule has 0 unspecified atom stereocenters. The van der Waals surface area contributed by atoms with Gasteiger partial charge in [-0.15, -0.1) is 0 Å². The first-order valence-corrected chi connectivity index (χ1v) is 12.5. The first-order valence-electron chi connectivity index (χ1n) is 11.5. The van der Waals surface area contributed by atoms with E-state index in [4.69, 9.17) is 0 Å². The minimum Gasteiger partial charge on any atom is -0.347 e. The molecule has 29 heavy (non-hydrogen) atoms. The molecule has 0 atom stereocenters. The van der Waals surface area contributed by atoms with E-state index in [0.717, 1.165) is 5.92 Å². The molecule has 0 spiro atoms. The predicted octanol–water partition coefficient (Wildman–Crippen LogP) is 6.37. The van der Waals surface area contributed by atoms with Crippen LogP contribution in [0.1, 0.15) is 64.4 Å². The molecule has 2 nitrogen and oxygen atoms in total. The molecule has 2 aliphatic heterocycles. The van der Waals surface area contributed by atoms with E-state index in [1.54, 1.807) is 0 Å². The maximum absolute atomic E-state index is 2.60. The van der Waals surface area contributed by atoms with E-state index in [2.05, 4.69) is 72.9 Å². The van der Waals surface area contributed by atoms with Crippen LogP contribution >= 0.6 is 11.8 Å². The summed E-state index contributed by atoms with van der Waals surface area (Å²) in [6, 6.07) is 8.80. The lowest BCUT2D eigenvalue weighted by Crippen LogP contribution is -2.22. The number of nitrogens with zero attached hydrogens (tertiary/aromatic N) is 2. The lowest BCUT2D eigenvalue weighted by atomic mass is 9.84. The van der Waals surface area contributed by atoms with Crippen molar-refractivity contribution >= 4 is 22.5 Å². The zero-order chi connectivity index (χ0) is 20.3. The highest BCUT2D eigenvalue weighted by Gasteiger charge is 2.37. The van der Waals surface area contributed by atoms with Gasteiger partial charge in [0, 0.05) is 36.3 Å². The number of hydrogen-bond donors (Lipinski definition) is 0. The Hall–Kier alpha value is -1.48. The van der Waals surface area contributed by atoms with Gasteiger partial charge in [-0.1, -0.05) is 82.0 Å². The van der Waals surface area contributed by atoms with Gasteiger partial charge < -0.3 is 4.90 Å². The molecule has 3 aliphatic rings. The van der Waals surface area contributed by atoms with E-state index in [-0.39, 0.29) is 5.41 Å². The minimum absolute atomic E-state index is 0.0586. The summed E-state index contributed by atoms with van der Waals surface area (Å²) in [5, 5.41) is 1.46. The highest BCUT2D eigenvalue weighted by molar-refractivity contribution is 8.14. The highest BCUT2D eigenvalue weighted by atomic mass is 32.2. The fourth-order valence-electron chi connectivity index (χ4n) is 5.40. The summed E-state index contributed by atoms with van der Waals surface area (Å²) in [4.78, 5) is 2.35. The highest BCUT2D eigenvalue weighted by Crippen LogP contribution is 2.46. The molecule has 0 radical (unpaired) electrons. The molecule has 1 saturated carbocycles. The first-order chi connectivity index (χ1) is 14.1. The van der Waals surface area contributed by atoms with Crippen molar-refractivity contribution in [2.75, 3.05) is 30.8 Å². The Labute approximate surface area is 181 Å². The minimum atomic E-state index is 0.0586. The van der Waals surface area contributed by atoms with Crippen molar-refractivity contribution in [2.24, 2.45) is 5.92 Å². The monoisotopic (exact) mass is 409 g/mol. The van der Waals surface area contributed by atoms with Crippen LogP contribution in [-0.4, -0.2) is 35.5 Å². The summed E-state index contributed by atoms with van der Waals surface area (Å²) in [6.07, 6.45) is 17.1. The SMILES string of the molecule is CN1/C(=C/C=C/C2=[N+](CCCCC3CCCC3)CCS2)C(C)(C)c2ccccc21. The van der Waals surface area contributed by atoms with Crippen LogP contribution in [0, 0.1) is 5.92 Å². The van der Waals surface area contributed by atoms with Gasteiger partial charge in [-0.25, -0.2) is 4.58 Å². The third-order valence-corrected chi connectivity index (χ3v) is 8.20. The van der Waals surface area contributed by atoms with Gasteiger partial charge in [0.05, 0.1) is 5.75 Å². The second-order valence-corrected chi connectivity index (χ2v) is 10.5. The number of anilines is 1. The number of fused-ring (bicyclic) bond motifs is 1. The molecule has 4 rings (SSSR count). The van der Waals surface area contributed by atoms with Crippen molar-refractivity contribution in [3.63, 3.8) is 0 Å². The molecule has 2 heterocycles. The van der Waals surface area contributed by atoms with Crippen LogP contribution in [0.4, 0.5) is 5.69 Å². The topological polar surface area (TPSA) is 6.25 Å². The number of benzene rings is 1. The summed E-state index contributed by atoms with van der Waals surface area (Å²) in [6.45, 7) is 7.11. The molecule has 0 amide bonds. The fourth-order valence-corrected chi connectivity index (χ4v) is 6.46. The van der Waals surface area contributed by atoms with E-state index in [9.17, 15) is 0 Å². The van der Waals surface area contributed by atoms with Crippen LogP contribution in [0.15, 0.2) is 48.2 Å². The van der Waals surface area contributed by atoms with Crippen LogP contribution in [0.2, 0.25) is 0 Å². The second-order valence-electron chi connectivity index (χ2n) is 9.43. The van der Waals surface area contributed by atoms with Crippen molar-refractivity contribution in [1.29, 1.82) is 0 Å². The standard InChI is InChI=1S/C26H37N2S/c1-26(2)22-14-6-7-15-23(22)27(3)24(26)16-10-17-25-28(19-20-29-25)18-9-8-13-21-11-4-5-12-21/h6-7,10,14-17,21H,4-5,8-9,11-13,18-20H2,1-3H3/q+1. The van der Waals surface area contributed by atoms with Crippen LogP contribution in [0.3, 0.4) is 0 Å². The van der Waals surface area contributed by atoms with Gasteiger partial charge in [-0.2, -0.15) is 0 Å². The zero-order valence-electron chi connectivity index (χ0n) is 18.5. The number of likely N-dealkylation sites (N-methyl/N-ethyl adjacent to an activating group) is 1. The quantitative estimate of drug-likeness (QED) is 0.381. The molecular formula is C26H37N2S+. The van der Waals surface area contributed by atoms with E-state index in [0.29, 0.717) is 0 Å². The largest absolute Gasteiger partial charge is 0.347 e. The van der Waals surface area contributed by atoms with Gasteiger partial charge in [0.2, 0.25) is 5.04 Å². The number of hydrogen-bond acceptors (Lipinski definition) is 2. The Morgan fingerprint density at radius 1 is 1.17 bits per heavy atom. The fraction of sp³-hybridized carbons (Fsp3) is 0.577. The predicted molar refractivity (Wildman–Crippen MR) is 128 cm³/mol. The number of para-hydroxylation sites is 1. The Morgan fingerprint density at radius 3 is 2.76 bits per heavy atom. The van der Waals surface area contributed by atoms with Crippen molar-refractivity contribution < 1.29 is 4.58 Å². The van der Waals surface area contributed by atoms with Gasteiger partial charge in [0.15, 0.2) is 6.54 Å². The molecule has 1 aliphatic carbocycles. The Bertz CT molecular complexity index is 812. The number of unbranched alkanes of at least 4 members (excludes halogenated alkanes) is 1. The molecule has 156 valence electrons. The van der Waals surface area contributed by atoms with Crippen LogP contribution < -0.4 is 4.90 Å². The van der Waals surface area contributed by atoms with Gasteiger partial charge in [-0.3, -0.25) is 0 Å². The third-order valence-electron chi connectivity index (χ3n) is 7.12. The average molecular weight is 410 g/mol. The molecule has 0 N–H and O–H groups in total. The molecule has 1 aromatic carbocycles. The van der Waals surface area contributed by atoms with Crippen molar-refractivity contribution in [1.82, 2.24) is 0 Å². The van der Waals surface area contributed by atoms with E-state index in [1.165, 1.54) is 85.8 Å². The molecule has 1 aromatic rings. The molecule has 0 bridgehead atoms. The lowest BCUT2D eigenvalue weighted by molar-refractivity contribution is -0.517. The van der Waals surface area contributed by atoms with E-state index < -0.39 is 0 Å². The van der Waals surface area contributed by atoms with Crippen LogP contribution in [-0.2, 0) is 5.41 Å². The Morgan fingerprint density at radius 2 is 1.97 bits per heavy atom. The first kappa shape index (κ1) is 20.8. The van der Waals surface area contributed by atoms with Gasteiger partial charge in [0.25, 0.3) is 0 Å². The zero-order valence-corrected chi connectivity index (χ0v) is 19.3. The number of allylic oxidation sites excluding steroid dienone is 3. The van der Waals surface area contributed by atoms with Crippen molar-refractivity contribution in [2.45, 2.75) is 64.2 Å². The lowest BCUT2D eigenvalue weighted by Gasteiger charge is -2.23. The van der Waals surface area contributed by atoms with Crippen LogP contribution in [0.5, 0.6) is 0 Å². The molecule has 0 aromatic heterocycles. The maximum Gasteiger partial charge on any atom is 0.234 e. The van der Waals surface area contributed by atoms with Gasteiger partial charge in [-0.05, 0) is 30.0 Å². The maximum atomic E-state index is 2.60. The van der Waals surface area contributed by atoms with Crippen molar-refractivity contribution in [3.05, 3.63) is 53.8 Å². The average Bonchev–Trinajstić information content (AvgIpc) is 3.43. The Kier molecular flexibility index (Phi) is 6.53. The summed E-state index contributed by atoms with van der Waals surface area (Å²) < 4.78 is 2.60. The normalized spacial score (nSPS) is 23.1. The second kappa shape index (κ2) is 9.12. The third kappa shape index (κ3) is 4.50. The summed E-state index contributed by atoms with van der Waals surface area (Å²) in [5.74, 6) is 2.27. The molecule has 0 saturated heterocycles. The molecular weight excluding hydrogens is 372 g/mol. The van der Waals surface area contributed by atoms with E-state index in [1.807, 2.05) is 11.8 Å². The van der Waals surface area contributed by atoms with Gasteiger partial charge >= 0.3 is 0 Å². The summed E-state index contributed by atoms with van der Waals surface area (Å²) >= 11 is 2.02. The Balaban J connectivity index is 1.38. The molecule has 3 heteroatoms. The van der Waals surface area contributed by atoms with Crippen molar-refractivity contribution in [3.8, 4) is 0 Å². The van der Waals surface area contributed by atoms with Gasteiger partial charge in [0.1, 0.15) is 6.54 Å². The summed E-state index contributed by atoms with van der Waals surface area (Å²) in [7, 11) is 2.20. The molecule has 1 fully saturated rings. The number of rotatable bonds is 7. The number of thioether (sulfide) groups is 1. The van der Waals surface area contributed by atoms with E-state index >= 15 is 0 Å². The smallest absolute Gasteiger partial charge is 0.234 e.